The summed E-state index contributed by atoms with van der Waals surface area (Å²) in [6.07, 6.45) is 4.06. The third kappa shape index (κ3) is 4.99. The molecule has 3 aliphatic rings. The van der Waals surface area contributed by atoms with Gasteiger partial charge in [-0.05, 0) is 48.8 Å². The Morgan fingerprint density at radius 1 is 1.26 bits per heavy atom. The number of amidine groups is 1. The number of rotatable bonds is 10. The van der Waals surface area contributed by atoms with Gasteiger partial charge in [0.2, 0.25) is 5.91 Å². The third-order valence-electron chi connectivity index (χ3n) is 5.90. The number of fused-ring (bicyclic) bond motifs is 1. The number of nitrogens with one attached hydrogen (secondary N) is 1. The number of carbonyl (C=O) groups excluding carboxylic acids is 2. The van der Waals surface area contributed by atoms with Crippen LogP contribution >= 0.6 is 11.8 Å². The Kier molecular flexibility index (Phi) is 7.31. The van der Waals surface area contributed by atoms with Gasteiger partial charge >= 0.3 is 5.97 Å². The lowest BCUT2D eigenvalue weighted by Gasteiger charge is -2.36. The van der Waals surface area contributed by atoms with Crippen LogP contribution in [0, 0.1) is 5.92 Å². The summed E-state index contributed by atoms with van der Waals surface area (Å²) in [6.45, 7) is 6.22. The van der Waals surface area contributed by atoms with Crippen LogP contribution in [0.25, 0.3) is 0 Å². The molecule has 1 saturated carbocycles. The second-order valence-corrected chi connectivity index (χ2v) is 9.16. The van der Waals surface area contributed by atoms with Crippen molar-refractivity contribution < 1.29 is 23.8 Å². The highest BCUT2D eigenvalue weighted by molar-refractivity contribution is 8.16. The fourth-order valence-corrected chi connectivity index (χ4v) is 4.95. The van der Waals surface area contributed by atoms with Gasteiger partial charge in [-0.2, -0.15) is 0 Å². The zero-order valence-corrected chi connectivity index (χ0v) is 20.4. The molecule has 1 aromatic carbocycles. The van der Waals surface area contributed by atoms with E-state index in [-0.39, 0.29) is 18.9 Å². The van der Waals surface area contributed by atoms with E-state index in [0.29, 0.717) is 40.4 Å². The molecule has 0 radical (unpaired) electrons. The van der Waals surface area contributed by atoms with Gasteiger partial charge in [0.25, 0.3) is 0 Å². The maximum atomic E-state index is 13.1. The molecule has 0 aromatic heterocycles. The molecule has 1 atom stereocenters. The Morgan fingerprint density at radius 2 is 2.03 bits per heavy atom. The van der Waals surface area contributed by atoms with Crippen LogP contribution in [0.4, 0.5) is 0 Å². The molecule has 0 saturated heterocycles. The van der Waals surface area contributed by atoms with Crippen molar-refractivity contribution in [3.05, 3.63) is 58.8 Å². The van der Waals surface area contributed by atoms with Crippen molar-refractivity contribution in [1.29, 1.82) is 0 Å². The normalized spacial score (nSPS) is 19.1. The number of esters is 1. The van der Waals surface area contributed by atoms with Crippen molar-refractivity contribution in [3.63, 3.8) is 0 Å². The van der Waals surface area contributed by atoms with Crippen LogP contribution in [0.3, 0.4) is 0 Å². The first-order valence-electron chi connectivity index (χ1n) is 11.2. The monoisotopic (exact) mass is 483 g/mol. The number of amides is 1. The summed E-state index contributed by atoms with van der Waals surface area (Å²) in [6, 6.07) is 4.99. The van der Waals surface area contributed by atoms with E-state index in [1.54, 1.807) is 27.2 Å². The van der Waals surface area contributed by atoms with Gasteiger partial charge in [0, 0.05) is 12.2 Å². The molecule has 9 heteroatoms. The van der Waals surface area contributed by atoms with Crippen molar-refractivity contribution >= 4 is 28.8 Å². The number of carbonyl (C=O) groups is 2. The van der Waals surface area contributed by atoms with E-state index in [0.717, 1.165) is 11.3 Å². The quantitative estimate of drug-likeness (QED) is 0.398. The van der Waals surface area contributed by atoms with Gasteiger partial charge in [0.15, 0.2) is 16.7 Å². The number of thioether (sulfide) groups is 1. The van der Waals surface area contributed by atoms with Crippen LogP contribution < -0.4 is 14.8 Å². The predicted octanol–water partition coefficient (Wildman–Crippen LogP) is 3.92. The lowest BCUT2D eigenvalue weighted by atomic mass is 9.93. The highest BCUT2D eigenvalue weighted by Crippen LogP contribution is 2.46. The number of hydrogen-bond donors (Lipinski definition) is 1. The molecular weight excluding hydrogens is 454 g/mol. The highest BCUT2D eigenvalue weighted by Gasteiger charge is 2.41. The topological polar surface area (TPSA) is 89.5 Å². The Hall–Kier alpha value is -3.20. The molecule has 1 aliphatic carbocycles. The SMILES string of the molecule is C=CCOC(=O)C1=C(C)N=C2SC=C(CC(=O)NCC3CC3)N2C1c1ccc(OC)c(OC)c1. The summed E-state index contributed by atoms with van der Waals surface area (Å²) in [5, 5.41) is 5.65. The minimum Gasteiger partial charge on any atom is -0.493 e. The zero-order chi connectivity index (χ0) is 24.2. The van der Waals surface area contributed by atoms with E-state index in [4.69, 9.17) is 14.2 Å². The summed E-state index contributed by atoms with van der Waals surface area (Å²) >= 11 is 1.44. The molecule has 8 nitrogen and oxygen atoms in total. The first-order valence-corrected chi connectivity index (χ1v) is 12.1. The summed E-state index contributed by atoms with van der Waals surface area (Å²) < 4.78 is 16.3. The Balaban J connectivity index is 1.70. The van der Waals surface area contributed by atoms with Gasteiger partial charge in [0.05, 0.1) is 38.0 Å². The summed E-state index contributed by atoms with van der Waals surface area (Å²) in [5.41, 5.74) is 2.55. The average molecular weight is 484 g/mol. The Morgan fingerprint density at radius 3 is 2.71 bits per heavy atom. The van der Waals surface area contributed by atoms with Crippen molar-refractivity contribution in [2.24, 2.45) is 10.9 Å². The Labute approximate surface area is 203 Å². The van der Waals surface area contributed by atoms with E-state index in [9.17, 15) is 9.59 Å². The smallest absolute Gasteiger partial charge is 0.338 e. The predicted molar refractivity (Wildman–Crippen MR) is 131 cm³/mol. The first kappa shape index (κ1) is 23.9. The molecule has 1 amide bonds. The lowest BCUT2D eigenvalue weighted by molar-refractivity contribution is -0.138. The molecule has 2 heterocycles. The fraction of sp³-hybridized carbons (Fsp3) is 0.400. The maximum Gasteiger partial charge on any atom is 0.338 e. The van der Waals surface area contributed by atoms with E-state index in [1.807, 2.05) is 22.4 Å². The van der Waals surface area contributed by atoms with Crippen LogP contribution in [-0.2, 0) is 14.3 Å². The molecular formula is C25H29N3O5S. The zero-order valence-electron chi connectivity index (χ0n) is 19.6. The molecule has 34 heavy (non-hydrogen) atoms. The van der Waals surface area contributed by atoms with Gasteiger partial charge in [-0.3, -0.25) is 4.79 Å². The van der Waals surface area contributed by atoms with Crippen LogP contribution in [0.5, 0.6) is 11.5 Å². The number of nitrogens with zero attached hydrogens (tertiary/aromatic N) is 2. The molecule has 0 spiro atoms. The molecule has 180 valence electrons. The maximum absolute atomic E-state index is 13.1. The minimum absolute atomic E-state index is 0.0480. The second kappa shape index (κ2) is 10.4. The Bertz CT molecular complexity index is 1090. The first-order chi connectivity index (χ1) is 16.5. The molecule has 1 fully saturated rings. The number of hydrogen-bond acceptors (Lipinski definition) is 8. The fourth-order valence-electron chi connectivity index (χ4n) is 3.99. The van der Waals surface area contributed by atoms with Crippen LogP contribution in [0.15, 0.2) is 58.2 Å². The third-order valence-corrected chi connectivity index (χ3v) is 6.79. The average Bonchev–Trinajstić information content (AvgIpc) is 3.60. The van der Waals surface area contributed by atoms with Crippen LogP contribution in [-0.4, -0.2) is 49.3 Å². The summed E-state index contributed by atoms with van der Waals surface area (Å²) in [5.74, 6) is 1.19. The van der Waals surface area contributed by atoms with E-state index in [2.05, 4.69) is 16.9 Å². The molecule has 2 aliphatic heterocycles. The van der Waals surface area contributed by atoms with Gasteiger partial charge in [-0.1, -0.05) is 30.5 Å². The van der Waals surface area contributed by atoms with Gasteiger partial charge in [-0.15, -0.1) is 0 Å². The number of benzene rings is 1. The molecule has 1 aromatic rings. The standard InChI is InChI=1S/C25H29N3O5S/c1-5-10-33-24(30)22-15(2)27-25-28(18(14-34-25)12-21(29)26-13-16-6-7-16)23(22)17-8-9-19(31-3)20(11-17)32-4/h5,8-9,11,14,16,23H,1,6-7,10,12-13H2,2-4H3,(H,26,29). The summed E-state index contributed by atoms with van der Waals surface area (Å²) in [4.78, 5) is 32.4. The van der Waals surface area contributed by atoms with Crippen molar-refractivity contribution in [3.8, 4) is 11.5 Å². The summed E-state index contributed by atoms with van der Waals surface area (Å²) in [7, 11) is 3.14. The van der Waals surface area contributed by atoms with E-state index in [1.165, 1.54) is 30.7 Å². The van der Waals surface area contributed by atoms with Crippen molar-refractivity contribution in [2.75, 3.05) is 27.4 Å². The molecule has 1 N–H and O–H groups in total. The van der Waals surface area contributed by atoms with E-state index >= 15 is 0 Å². The van der Waals surface area contributed by atoms with Crippen molar-refractivity contribution in [2.45, 2.75) is 32.2 Å². The highest BCUT2D eigenvalue weighted by atomic mass is 32.2. The number of ether oxygens (including phenoxy) is 3. The van der Waals surface area contributed by atoms with Crippen LogP contribution in [0.1, 0.15) is 37.8 Å². The molecule has 1 unspecified atom stereocenters. The lowest BCUT2D eigenvalue weighted by Crippen LogP contribution is -2.38. The molecule has 4 rings (SSSR count). The van der Waals surface area contributed by atoms with E-state index < -0.39 is 12.0 Å². The van der Waals surface area contributed by atoms with Gasteiger partial charge < -0.3 is 24.4 Å². The minimum atomic E-state index is -0.540. The van der Waals surface area contributed by atoms with Gasteiger partial charge in [0.1, 0.15) is 6.61 Å². The number of aliphatic imine (C=N–C) groups is 1. The van der Waals surface area contributed by atoms with Crippen molar-refractivity contribution in [1.82, 2.24) is 10.2 Å². The van der Waals surface area contributed by atoms with Crippen LogP contribution in [0.2, 0.25) is 0 Å². The second-order valence-electron chi connectivity index (χ2n) is 8.32. The van der Waals surface area contributed by atoms with Gasteiger partial charge in [-0.25, -0.2) is 9.79 Å². The largest absolute Gasteiger partial charge is 0.493 e. The molecule has 0 bridgehead atoms. The number of allylic oxidation sites excluding steroid dienone is 1. The number of methoxy groups -OCH3 is 2.